The molecular formula is C35H39F3N2. The minimum atomic E-state index is -2.57. The average molecular weight is 545 g/mol. The fourth-order valence-corrected chi connectivity index (χ4v) is 5.20. The Labute approximate surface area is 236 Å². The van der Waals surface area contributed by atoms with Crippen LogP contribution in [-0.2, 0) is 19.3 Å². The van der Waals surface area contributed by atoms with Crippen molar-refractivity contribution in [1.82, 2.24) is 10.2 Å². The van der Waals surface area contributed by atoms with Gasteiger partial charge in [0.2, 0.25) is 6.43 Å². The Morgan fingerprint density at radius 1 is 1.00 bits per heavy atom. The highest BCUT2D eigenvalue weighted by molar-refractivity contribution is 5.99. The van der Waals surface area contributed by atoms with Crippen LogP contribution in [0.3, 0.4) is 0 Å². The van der Waals surface area contributed by atoms with Crippen LogP contribution in [0, 0.1) is 5.82 Å². The van der Waals surface area contributed by atoms with E-state index in [2.05, 4.69) is 60.4 Å². The molecule has 2 nitrogen and oxygen atoms in total. The summed E-state index contributed by atoms with van der Waals surface area (Å²) < 4.78 is 40.7. The fraction of sp³-hybridized carbons (Fsp3) is 0.314. The van der Waals surface area contributed by atoms with Crippen LogP contribution in [0.2, 0.25) is 0 Å². The molecule has 210 valence electrons. The van der Waals surface area contributed by atoms with Gasteiger partial charge in [0.15, 0.2) is 0 Å². The molecule has 0 bridgehead atoms. The molecule has 0 heterocycles. The van der Waals surface area contributed by atoms with E-state index in [1.807, 2.05) is 31.1 Å². The molecule has 3 aromatic carbocycles. The lowest BCUT2D eigenvalue weighted by atomic mass is 9.87. The molecule has 40 heavy (non-hydrogen) atoms. The molecule has 0 amide bonds. The maximum Gasteiger partial charge on any atom is 0.242 e. The minimum Gasteiger partial charge on any atom is -0.378 e. The number of fused-ring (bicyclic) bond motifs is 1. The van der Waals surface area contributed by atoms with Crippen molar-refractivity contribution in [2.45, 2.75) is 45.0 Å². The lowest BCUT2D eigenvalue weighted by molar-refractivity contribution is 0.148. The van der Waals surface area contributed by atoms with Crippen molar-refractivity contribution in [1.29, 1.82) is 0 Å². The summed E-state index contributed by atoms with van der Waals surface area (Å²) in [6.45, 7) is 5.73. The monoisotopic (exact) mass is 544 g/mol. The SMILES string of the molecule is C=C(/C=C/CNCCCc1ccc(C2=C(c3ccc(CC(F)F)c(F)c3)CCCc3ccccc32)cc1)N(C)C. The normalized spacial score (nSPS) is 13.6. The molecule has 0 unspecified atom stereocenters. The van der Waals surface area contributed by atoms with Crippen LogP contribution in [-0.4, -0.2) is 38.5 Å². The van der Waals surface area contributed by atoms with Gasteiger partial charge in [0.25, 0.3) is 0 Å². The van der Waals surface area contributed by atoms with E-state index < -0.39 is 18.7 Å². The van der Waals surface area contributed by atoms with Crippen LogP contribution >= 0.6 is 0 Å². The lowest BCUT2D eigenvalue weighted by Gasteiger charge is -2.17. The molecule has 0 radical (unpaired) electrons. The summed E-state index contributed by atoms with van der Waals surface area (Å²) in [5, 5.41) is 3.45. The summed E-state index contributed by atoms with van der Waals surface area (Å²) >= 11 is 0. The van der Waals surface area contributed by atoms with Crippen molar-refractivity contribution in [2.24, 2.45) is 0 Å². The molecule has 0 saturated carbocycles. The third-order valence-corrected chi connectivity index (χ3v) is 7.45. The van der Waals surface area contributed by atoms with Gasteiger partial charge in [-0.25, -0.2) is 13.2 Å². The van der Waals surface area contributed by atoms with Crippen molar-refractivity contribution in [3.63, 3.8) is 0 Å². The Hall–Kier alpha value is -3.57. The Morgan fingerprint density at radius 2 is 1.75 bits per heavy atom. The number of hydrogen-bond acceptors (Lipinski definition) is 2. The van der Waals surface area contributed by atoms with Gasteiger partial charge < -0.3 is 10.2 Å². The summed E-state index contributed by atoms with van der Waals surface area (Å²) in [4.78, 5) is 1.98. The number of benzene rings is 3. The second kappa shape index (κ2) is 14.2. The number of likely N-dealkylation sites (N-methyl/N-ethyl adjacent to an activating group) is 1. The van der Waals surface area contributed by atoms with Crippen LogP contribution in [0.4, 0.5) is 13.2 Å². The predicted octanol–water partition coefficient (Wildman–Crippen LogP) is 8.08. The first-order valence-corrected chi connectivity index (χ1v) is 14.0. The van der Waals surface area contributed by atoms with Crippen molar-refractivity contribution < 1.29 is 13.2 Å². The second-order valence-electron chi connectivity index (χ2n) is 10.6. The highest BCUT2D eigenvalue weighted by atomic mass is 19.3. The van der Waals surface area contributed by atoms with Crippen molar-refractivity contribution >= 4 is 11.1 Å². The topological polar surface area (TPSA) is 15.3 Å². The second-order valence-corrected chi connectivity index (χ2v) is 10.6. The molecular weight excluding hydrogens is 505 g/mol. The Kier molecular flexibility index (Phi) is 10.4. The summed E-state index contributed by atoms with van der Waals surface area (Å²) in [5.41, 5.74) is 8.77. The van der Waals surface area contributed by atoms with Gasteiger partial charge in [-0.15, -0.1) is 0 Å². The van der Waals surface area contributed by atoms with Crippen LogP contribution in [0.25, 0.3) is 11.1 Å². The van der Waals surface area contributed by atoms with E-state index in [1.54, 1.807) is 6.07 Å². The van der Waals surface area contributed by atoms with Gasteiger partial charge in [-0.1, -0.05) is 73.3 Å². The van der Waals surface area contributed by atoms with Gasteiger partial charge in [-0.2, -0.15) is 0 Å². The first-order chi connectivity index (χ1) is 19.3. The number of allylic oxidation sites excluding steroid dienone is 2. The highest BCUT2D eigenvalue weighted by Crippen LogP contribution is 2.40. The van der Waals surface area contributed by atoms with Crippen LogP contribution in [0.1, 0.15) is 52.6 Å². The molecule has 4 rings (SSSR count). The Balaban J connectivity index is 1.53. The van der Waals surface area contributed by atoms with Gasteiger partial charge in [0.1, 0.15) is 5.82 Å². The number of nitrogens with one attached hydrogen (secondary N) is 1. The largest absolute Gasteiger partial charge is 0.378 e. The van der Waals surface area contributed by atoms with Gasteiger partial charge >= 0.3 is 0 Å². The third kappa shape index (κ3) is 7.76. The number of hydrogen-bond donors (Lipinski definition) is 1. The van der Waals surface area contributed by atoms with Gasteiger partial charge in [0.05, 0.1) is 0 Å². The molecule has 1 aliphatic rings. The Morgan fingerprint density at radius 3 is 2.48 bits per heavy atom. The maximum atomic E-state index is 14.9. The molecule has 0 spiro atoms. The number of alkyl halides is 2. The molecule has 3 aromatic rings. The molecule has 1 N–H and O–H groups in total. The summed E-state index contributed by atoms with van der Waals surface area (Å²) in [6.07, 6.45) is 5.65. The van der Waals surface area contributed by atoms with E-state index in [0.717, 1.165) is 78.7 Å². The zero-order chi connectivity index (χ0) is 28.5. The van der Waals surface area contributed by atoms with E-state index in [0.29, 0.717) is 0 Å². The van der Waals surface area contributed by atoms with Gasteiger partial charge in [0, 0.05) is 32.8 Å². The Bertz CT molecular complexity index is 1350. The zero-order valence-electron chi connectivity index (χ0n) is 23.5. The predicted molar refractivity (Wildman–Crippen MR) is 161 cm³/mol. The van der Waals surface area contributed by atoms with Crippen molar-refractivity contribution in [3.8, 4) is 0 Å². The van der Waals surface area contributed by atoms with E-state index in [4.69, 9.17) is 0 Å². The van der Waals surface area contributed by atoms with Crippen molar-refractivity contribution in [2.75, 3.05) is 27.2 Å². The number of nitrogens with zero attached hydrogens (tertiary/aromatic N) is 1. The smallest absolute Gasteiger partial charge is 0.242 e. The number of aryl methyl sites for hydroxylation is 2. The fourth-order valence-electron chi connectivity index (χ4n) is 5.20. The van der Waals surface area contributed by atoms with E-state index >= 15 is 0 Å². The average Bonchev–Trinajstić information content (AvgIpc) is 3.13. The highest BCUT2D eigenvalue weighted by Gasteiger charge is 2.21. The standard InChI is InChI=1S/C35H39F3N2/c1-25(40(2)3)9-7-21-39-22-8-10-26-15-17-28(18-16-26)35-31-13-5-4-11-27(31)12-6-14-32(35)29-19-20-30(24-34(37)38)33(36)23-29/h4-5,7,9,11,13,15-20,23,34,39H,1,6,8,10,12,14,21-22,24H2,2-3H3/b9-7+. The van der Waals surface area contributed by atoms with E-state index in [9.17, 15) is 13.2 Å². The minimum absolute atomic E-state index is 0.0591. The summed E-state index contributed by atoms with van der Waals surface area (Å²) in [5.74, 6) is -0.565. The number of rotatable bonds is 12. The maximum absolute atomic E-state index is 14.9. The molecule has 0 fully saturated rings. The zero-order valence-corrected chi connectivity index (χ0v) is 23.5. The van der Waals surface area contributed by atoms with E-state index in [-0.39, 0.29) is 5.56 Å². The first-order valence-electron chi connectivity index (χ1n) is 14.0. The van der Waals surface area contributed by atoms with Crippen LogP contribution < -0.4 is 5.32 Å². The van der Waals surface area contributed by atoms with Gasteiger partial charge in [-0.3, -0.25) is 0 Å². The molecule has 0 saturated heterocycles. The van der Waals surface area contributed by atoms with Crippen LogP contribution in [0.5, 0.6) is 0 Å². The number of halogens is 3. The molecule has 5 heteroatoms. The lowest BCUT2D eigenvalue weighted by Crippen LogP contribution is -2.16. The third-order valence-electron chi connectivity index (χ3n) is 7.45. The quantitative estimate of drug-likeness (QED) is 0.183. The molecule has 1 aliphatic carbocycles. The van der Waals surface area contributed by atoms with Crippen molar-refractivity contribution in [3.05, 3.63) is 130 Å². The molecule has 0 aromatic heterocycles. The van der Waals surface area contributed by atoms with E-state index in [1.165, 1.54) is 23.3 Å². The molecule has 0 aliphatic heterocycles. The summed E-state index contributed by atoms with van der Waals surface area (Å²) in [6, 6.07) is 21.9. The first kappa shape index (κ1) is 29.4. The van der Waals surface area contributed by atoms with Crippen LogP contribution in [0.15, 0.2) is 91.2 Å². The van der Waals surface area contributed by atoms with Gasteiger partial charge in [-0.05, 0) is 95.3 Å². The molecule has 0 atom stereocenters. The summed E-state index contributed by atoms with van der Waals surface area (Å²) in [7, 11) is 3.96.